The van der Waals surface area contributed by atoms with Gasteiger partial charge < -0.3 is 5.11 Å². The highest BCUT2D eigenvalue weighted by Crippen LogP contribution is 2.24. The molecular weight excluding hydrogens is 196 g/mol. The van der Waals surface area contributed by atoms with E-state index in [0.717, 1.165) is 32.5 Å². The Balaban J connectivity index is 2.09. The van der Waals surface area contributed by atoms with Crippen LogP contribution in [0, 0.1) is 0 Å². The Morgan fingerprint density at radius 1 is 1.57 bits per heavy atom. The van der Waals surface area contributed by atoms with E-state index < -0.39 is 0 Å². The van der Waals surface area contributed by atoms with E-state index >= 15 is 0 Å². The summed E-state index contributed by atoms with van der Waals surface area (Å²) < 4.78 is 0. The number of fused-ring (bicyclic) bond motifs is 1. The van der Waals surface area contributed by atoms with Gasteiger partial charge in [-0.2, -0.15) is 0 Å². The molecule has 1 aromatic heterocycles. The van der Waals surface area contributed by atoms with Crippen molar-refractivity contribution in [1.29, 1.82) is 0 Å². The van der Waals surface area contributed by atoms with E-state index in [-0.39, 0.29) is 6.61 Å². The van der Waals surface area contributed by atoms with Crippen molar-refractivity contribution in [2.24, 2.45) is 0 Å². The highest BCUT2D eigenvalue weighted by molar-refractivity contribution is 7.11. The van der Waals surface area contributed by atoms with Crippen LogP contribution in [0.15, 0.2) is 0 Å². The van der Waals surface area contributed by atoms with Crippen LogP contribution in [0.4, 0.5) is 0 Å². The number of rotatable bonds is 3. The van der Waals surface area contributed by atoms with Gasteiger partial charge >= 0.3 is 0 Å². The lowest BCUT2D eigenvalue weighted by atomic mass is 10.2. The minimum Gasteiger partial charge on any atom is -0.395 e. The van der Waals surface area contributed by atoms with Crippen molar-refractivity contribution in [3.63, 3.8) is 0 Å². The molecule has 0 saturated heterocycles. The highest BCUT2D eigenvalue weighted by atomic mass is 32.1. The van der Waals surface area contributed by atoms with Crippen molar-refractivity contribution < 1.29 is 5.11 Å². The van der Waals surface area contributed by atoms with Crippen LogP contribution >= 0.6 is 11.3 Å². The summed E-state index contributed by atoms with van der Waals surface area (Å²) in [4.78, 5) is 8.29. The third kappa shape index (κ3) is 1.97. The molecule has 0 spiro atoms. The van der Waals surface area contributed by atoms with Crippen LogP contribution in [0.25, 0.3) is 0 Å². The van der Waals surface area contributed by atoms with Gasteiger partial charge in [0.05, 0.1) is 17.3 Å². The standard InChI is InChI=1S/C10H16N2OS/c1-2-10-11-8-3-4-12(5-6-13)7-9(8)14-10/h13H,2-7H2,1H3. The Morgan fingerprint density at radius 3 is 3.14 bits per heavy atom. The van der Waals surface area contributed by atoms with Crippen molar-refractivity contribution in [3.8, 4) is 0 Å². The first-order valence-electron chi connectivity index (χ1n) is 5.14. The van der Waals surface area contributed by atoms with Gasteiger partial charge in [0.2, 0.25) is 0 Å². The summed E-state index contributed by atoms with van der Waals surface area (Å²) >= 11 is 1.83. The maximum atomic E-state index is 8.86. The number of hydrogen-bond acceptors (Lipinski definition) is 4. The van der Waals surface area contributed by atoms with Gasteiger partial charge in [-0.15, -0.1) is 11.3 Å². The quantitative estimate of drug-likeness (QED) is 0.814. The lowest BCUT2D eigenvalue weighted by Gasteiger charge is -2.24. The molecule has 78 valence electrons. The Hall–Kier alpha value is -0.450. The lowest BCUT2D eigenvalue weighted by Crippen LogP contribution is -2.32. The predicted molar refractivity (Wildman–Crippen MR) is 57.6 cm³/mol. The minimum atomic E-state index is 0.259. The molecule has 1 aliphatic heterocycles. The van der Waals surface area contributed by atoms with E-state index in [4.69, 9.17) is 5.11 Å². The van der Waals surface area contributed by atoms with Crippen LogP contribution in [0.5, 0.6) is 0 Å². The van der Waals surface area contributed by atoms with Crippen LogP contribution in [0.1, 0.15) is 22.5 Å². The molecular formula is C10H16N2OS. The summed E-state index contributed by atoms with van der Waals surface area (Å²) in [5, 5.41) is 10.1. The summed E-state index contributed by atoms with van der Waals surface area (Å²) in [5.41, 5.74) is 1.29. The summed E-state index contributed by atoms with van der Waals surface area (Å²) in [6, 6.07) is 0. The molecule has 0 radical (unpaired) electrons. The average Bonchev–Trinajstić information content (AvgIpc) is 2.60. The van der Waals surface area contributed by atoms with Crippen molar-refractivity contribution in [2.75, 3.05) is 19.7 Å². The van der Waals surface area contributed by atoms with Crippen molar-refractivity contribution >= 4 is 11.3 Å². The van der Waals surface area contributed by atoms with Crippen molar-refractivity contribution in [1.82, 2.24) is 9.88 Å². The SMILES string of the molecule is CCc1nc2c(s1)CN(CCO)CC2. The second-order valence-electron chi connectivity index (χ2n) is 3.58. The number of nitrogens with zero attached hydrogens (tertiary/aromatic N) is 2. The van der Waals surface area contributed by atoms with Crippen LogP contribution < -0.4 is 0 Å². The molecule has 0 amide bonds. The van der Waals surface area contributed by atoms with Gasteiger partial charge in [0.15, 0.2) is 0 Å². The zero-order valence-electron chi connectivity index (χ0n) is 8.49. The third-order valence-corrected chi connectivity index (χ3v) is 3.80. The van der Waals surface area contributed by atoms with Gasteiger partial charge in [-0.1, -0.05) is 6.92 Å². The topological polar surface area (TPSA) is 36.4 Å². The molecule has 0 unspecified atom stereocenters. The van der Waals surface area contributed by atoms with Crippen LogP contribution in [0.2, 0.25) is 0 Å². The molecule has 0 aromatic carbocycles. The largest absolute Gasteiger partial charge is 0.395 e. The summed E-state index contributed by atoms with van der Waals surface area (Å²) in [5.74, 6) is 0. The highest BCUT2D eigenvalue weighted by Gasteiger charge is 2.19. The number of hydrogen-bond donors (Lipinski definition) is 1. The zero-order chi connectivity index (χ0) is 9.97. The molecule has 2 rings (SSSR count). The monoisotopic (exact) mass is 212 g/mol. The third-order valence-electron chi connectivity index (χ3n) is 2.57. The Bertz CT molecular complexity index is 311. The van der Waals surface area contributed by atoms with E-state index in [9.17, 15) is 0 Å². The fourth-order valence-electron chi connectivity index (χ4n) is 1.79. The fourth-order valence-corrected chi connectivity index (χ4v) is 2.88. The number of thiazole rings is 1. The molecule has 4 heteroatoms. The summed E-state index contributed by atoms with van der Waals surface area (Å²) in [6.07, 6.45) is 2.09. The van der Waals surface area contributed by atoms with E-state index in [0.29, 0.717) is 0 Å². The fraction of sp³-hybridized carbons (Fsp3) is 0.700. The van der Waals surface area contributed by atoms with Gasteiger partial charge in [-0.05, 0) is 6.42 Å². The van der Waals surface area contributed by atoms with E-state index in [1.807, 2.05) is 11.3 Å². The second kappa shape index (κ2) is 4.38. The number of aryl methyl sites for hydroxylation is 1. The molecule has 0 fully saturated rings. The normalized spacial score (nSPS) is 17.0. The molecule has 1 N–H and O–H groups in total. The summed E-state index contributed by atoms with van der Waals surface area (Å²) in [6.45, 7) is 5.22. The maximum absolute atomic E-state index is 8.86. The lowest BCUT2D eigenvalue weighted by molar-refractivity contribution is 0.185. The van der Waals surface area contributed by atoms with Crippen molar-refractivity contribution in [3.05, 3.63) is 15.6 Å². The van der Waals surface area contributed by atoms with E-state index in [1.165, 1.54) is 15.6 Å². The summed E-state index contributed by atoms with van der Waals surface area (Å²) in [7, 11) is 0. The van der Waals surface area contributed by atoms with Crippen LogP contribution in [-0.4, -0.2) is 34.7 Å². The van der Waals surface area contributed by atoms with Gasteiger partial charge in [-0.3, -0.25) is 4.90 Å². The van der Waals surface area contributed by atoms with Gasteiger partial charge in [-0.25, -0.2) is 4.98 Å². The molecule has 1 aromatic rings. The van der Waals surface area contributed by atoms with E-state index in [2.05, 4.69) is 16.8 Å². The minimum absolute atomic E-state index is 0.259. The van der Waals surface area contributed by atoms with Gasteiger partial charge in [0.1, 0.15) is 0 Å². The molecule has 2 heterocycles. The molecule has 14 heavy (non-hydrogen) atoms. The Morgan fingerprint density at radius 2 is 2.43 bits per heavy atom. The number of aromatic nitrogens is 1. The van der Waals surface area contributed by atoms with E-state index in [1.54, 1.807) is 0 Å². The number of aliphatic hydroxyl groups is 1. The smallest absolute Gasteiger partial charge is 0.0928 e. The second-order valence-corrected chi connectivity index (χ2v) is 4.75. The zero-order valence-corrected chi connectivity index (χ0v) is 9.31. The average molecular weight is 212 g/mol. The molecule has 1 aliphatic rings. The molecule has 0 aliphatic carbocycles. The first kappa shape index (κ1) is 10.1. The Kier molecular flexibility index (Phi) is 3.15. The van der Waals surface area contributed by atoms with Gasteiger partial charge in [0, 0.05) is 30.9 Å². The number of aliphatic hydroxyl groups excluding tert-OH is 1. The van der Waals surface area contributed by atoms with Gasteiger partial charge in [0.25, 0.3) is 0 Å². The molecule has 3 nitrogen and oxygen atoms in total. The number of β-amino-alcohol motifs (C(OH)–C–C–N with tert-alkyl or cyclic N) is 1. The molecule has 0 atom stereocenters. The molecule has 0 saturated carbocycles. The van der Waals surface area contributed by atoms with Crippen LogP contribution in [0.3, 0.4) is 0 Å². The van der Waals surface area contributed by atoms with Crippen LogP contribution in [-0.2, 0) is 19.4 Å². The molecule has 0 bridgehead atoms. The first-order chi connectivity index (χ1) is 6.83. The first-order valence-corrected chi connectivity index (χ1v) is 5.95. The predicted octanol–water partition coefficient (Wildman–Crippen LogP) is 1.06. The Labute approximate surface area is 88.4 Å². The maximum Gasteiger partial charge on any atom is 0.0928 e. The van der Waals surface area contributed by atoms with Crippen molar-refractivity contribution in [2.45, 2.75) is 26.3 Å².